The number of benzene rings is 1. The number of amides is 1. The van der Waals surface area contributed by atoms with Gasteiger partial charge in [-0.2, -0.15) is 0 Å². The van der Waals surface area contributed by atoms with E-state index in [1.807, 2.05) is 6.92 Å². The molecule has 0 saturated heterocycles. The fourth-order valence-electron chi connectivity index (χ4n) is 2.75. The van der Waals surface area contributed by atoms with E-state index in [2.05, 4.69) is 33.4 Å². The molecule has 0 aliphatic rings. The van der Waals surface area contributed by atoms with Gasteiger partial charge in [-0.3, -0.25) is 9.59 Å². The number of methoxy groups -OCH3 is 2. The highest BCUT2D eigenvalue weighted by Gasteiger charge is 2.20. The van der Waals surface area contributed by atoms with Crippen LogP contribution in [0.25, 0.3) is 0 Å². The molecule has 2 N–H and O–H groups in total. The molecule has 162 valence electrons. The van der Waals surface area contributed by atoms with E-state index in [1.54, 1.807) is 44.0 Å². The second-order valence-electron chi connectivity index (χ2n) is 6.47. The molecule has 0 spiro atoms. The van der Waals surface area contributed by atoms with Gasteiger partial charge in [0.15, 0.2) is 28.8 Å². The predicted octanol–water partition coefficient (Wildman–Crippen LogP) is 1.98. The van der Waals surface area contributed by atoms with E-state index in [9.17, 15) is 9.59 Å². The summed E-state index contributed by atoms with van der Waals surface area (Å²) >= 11 is 0. The number of imidazole rings is 1. The van der Waals surface area contributed by atoms with E-state index in [1.165, 1.54) is 0 Å². The summed E-state index contributed by atoms with van der Waals surface area (Å²) in [5.74, 6) is 10.00. The number of hydrogen-bond donors (Lipinski definition) is 2. The Balaban J connectivity index is 2.36. The van der Waals surface area contributed by atoms with Crippen molar-refractivity contribution in [2.45, 2.75) is 19.8 Å². The minimum atomic E-state index is -0.378. The molecule has 0 unspecified atom stereocenters. The van der Waals surface area contributed by atoms with Crippen LogP contribution in [0, 0.1) is 24.2 Å². The van der Waals surface area contributed by atoms with Gasteiger partial charge in [-0.1, -0.05) is 18.8 Å². The maximum atomic E-state index is 12.6. The first-order valence-electron chi connectivity index (χ1n) is 9.73. The molecular weight excluding hydrogens is 396 g/mol. The number of ether oxygens (including phenoxy) is 2. The van der Waals surface area contributed by atoms with Crippen molar-refractivity contribution in [2.75, 3.05) is 32.6 Å². The highest BCUT2D eigenvalue weighted by molar-refractivity contribution is 5.97. The number of nitrogens with one attached hydrogen (secondary N) is 2. The molecule has 31 heavy (non-hydrogen) atoms. The van der Waals surface area contributed by atoms with Crippen molar-refractivity contribution in [1.82, 2.24) is 14.9 Å². The van der Waals surface area contributed by atoms with E-state index in [4.69, 9.17) is 15.9 Å². The molecule has 1 heterocycles. The summed E-state index contributed by atoms with van der Waals surface area (Å²) in [4.78, 5) is 28.6. The summed E-state index contributed by atoms with van der Waals surface area (Å²) in [6.07, 6.45) is 6.04. The lowest BCUT2D eigenvalue weighted by molar-refractivity contribution is -0.118. The first kappa shape index (κ1) is 23.4. The highest BCUT2D eigenvalue weighted by atomic mass is 16.5. The van der Waals surface area contributed by atoms with Crippen LogP contribution in [0.3, 0.4) is 0 Å². The Bertz CT molecular complexity index is 1050. The van der Waals surface area contributed by atoms with Crippen LogP contribution in [-0.4, -0.2) is 48.6 Å². The maximum absolute atomic E-state index is 12.6. The molecular formula is C23H26N4O4. The van der Waals surface area contributed by atoms with Crippen LogP contribution in [0.1, 0.15) is 41.6 Å². The van der Waals surface area contributed by atoms with Gasteiger partial charge in [-0.05, 0) is 24.1 Å². The quantitative estimate of drug-likeness (QED) is 0.600. The largest absolute Gasteiger partial charge is 0.493 e. The third-order valence-electron chi connectivity index (χ3n) is 4.45. The molecule has 1 aromatic carbocycles. The van der Waals surface area contributed by atoms with Crippen LogP contribution in [0.2, 0.25) is 0 Å². The molecule has 0 radical (unpaired) electrons. The monoisotopic (exact) mass is 422 g/mol. The van der Waals surface area contributed by atoms with Crippen LogP contribution < -0.4 is 20.1 Å². The SMILES string of the molecule is C#CCNC(=O)c1c(NCCC(=O)CC)nc(C#Cc2ccc(OC)c(OC)c2)n1C. The van der Waals surface area contributed by atoms with E-state index < -0.39 is 0 Å². The number of nitrogens with zero attached hydrogens (tertiary/aromatic N) is 2. The molecule has 0 aliphatic heterocycles. The Morgan fingerprint density at radius 2 is 1.94 bits per heavy atom. The van der Waals surface area contributed by atoms with Crippen molar-refractivity contribution in [3.05, 3.63) is 35.3 Å². The number of hydrogen-bond acceptors (Lipinski definition) is 6. The summed E-state index contributed by atoms with van der Waals surface area (Å²) < 4.78 is 12.1. The van der Waals surface area contributed by atoms with Gasteiger partial charge in [0.05, 0.1) is 20.8 Å². The fraction of sp³-hybridized carbons (Fsp3) is 0.348. The van der Waals surface area contributed by atoms with Crippen LogP contribution >= 0.6 is 0 Å². The number of ketones is 1. The normalized spacial score (nSPS) is 9.77. The summed E-state index contributed by atoms with van der Waals surface area (Å²) in [5.41, 5.74) is 0.984. The van der Waals surface area contributed by atoms with Crippen molar-refractivity contribution in [3.63, 3.8) is 0 Å². The molecule has 2 aromatic rings. The first-order chi connectivity index (χ1) is 14.9. The molecule has 0 bridgehead atoms. The number of terminal acetylenes is 1. The van der Waals surface area contributed by atoms with Gasteiger partial charge in [0, 0.05) is 32.0 Å². The molecule has 0 aliphatic carbocycles. The second-order valence-corrected chi connectivity index (χ2v) is 6.47. The van der Waals surface area contributed by atoms with E-state index in [0.29, 0.717) is 48.1 Å². The average Bonchev–Trinajstić information content (AvgIpc) is 3.10. The second kappa shape index (κ2) is 11.3. The third kappa shape index (κ3) is 6.03. The Hall–Kier alpha value is -3.91. The lowest BCUT2D eigenvalue weighted by Crippen LogP contribution is -2.27. The number of Topliss-reactive ketones (excluding diaryl/α,β-unsaturated/α-hetero) is 1. The van der Waals surface area contributed by atoms with Gasteiger partial charge in [0.2, 0.25) is 0 Å². The maximum Gasteiger partial charge on any atom is 0.272 e. The topological polar surface area (TPSA) is 94.5 Å². The van der Waals surface area contributed by atoms with Crippen LogP contribution in [0.15, 0.2) is 18.2 Å². The number of carbonyl (C=O) groups is 2. The van der Waals surface area contributed by atoms with Gasteiger partial charge in [-0.25, -0.2) is 4.98 Å². The van der Waals surface area contributed by atoms with E-state index in [0.717, 1.165) is 0 Å². The molecule has 1 amide bonds. The smallest absolute Gasteiger partial charge is 0.272 e. The van der Waals surface area contributed by atoms with Crippen LogP contribution in [0.5, 0.6) is 11.5 Å². The average molecular weight is 422 g/mol. The Kier molecular flexibility index (Phi) is 8.53. The minimum absolute atomic E-state index is 0.0877. The predicted molar refractivity (Wildman–Crippen MR) is 118 cm³/mol. The molecule has 8 heteroatoms. The van der Waals surface area contributed by atoms with E-state index in [-0.39, 0.29) is 23.9 Å². The van der Waals surface area contributed by atoms with Crippen molar-refractivity contribution in [2.24, 2.45) is 7.05 Å². The van der Waals surface area contributed by atoms with Gasteiger partial charge in [-0.15, -0.1) is 6.42 Å². The fourth-order valence-corrected chi connectivity index (χ4v) is 2.75. The van der Waals surface area contributed by atoms with Gasteiger partial charge in [0.25, 0.3) is 5.91 Å². The van der Waals surface area contributed by atoms with Crippen LogP contribution in [-0.2, 0) is 11.8 Å². The van der Waals surface area contributed by atoms with Crippen molar-refractivity contribution in [3.8, 4) is 35.7 Å². The summed E-state index contributed by atoms with van der Waals surface area (Å²) in [6.45, 7) is 2.26. The van der Waals surface area contributed by atoms with Crippen LogP contribution in [0.4, 0.5) is 5.82 Å². The molecule has 0 atom stereocenters. The number of anilines is 1. The van der Waals surface area contributed by atoms with Gasteiger partial charge in [0.1, 0.15) is 5.78 Å². The highest BCUT2D eigenvalue weighted by Crippen LogP contribution is 2.27. The zero-order valence-electron chi connectivity index (χ0n) is 18.2. The van der Waals surface area contributed by atoms with Gasteiger partial charge >= 0.3 is 0 Å². The summed E-state index contributed by atoms with van der Waals surface area (Å²) in [6, 6.07) is 5.32. The zero-order valence-corrected chi connectivity index (χ0v) is 18.2. The number of aromatic nitrogens is 2. The van der Waals surface area contributed by atoms with E-state index >= 15 is 0 Å². The van der Waals surface area contributed by atoms with Crippen molar-refractivity contribution in [1.29, 1.82) is 0 Å². The van der Waals surface area contributed by atoms with Crippen molar-refractivity contribution < 1.29 is 19.1 Å². The molecule has 2 rings (SSSR count). The zero-order chi connectivity index (χ0) is 22.8. The lowest BCUT2D eigenvalue weighted by Gasteiger charge is -2.07. The first-order valence-corrected chi connectivity index (χ1v) is 9.73. The Morgan fingerprint density at radius 1 is 1.19 bits per heavy atom. The summed E-state index contributed by atoms with van der Waals surface area (Å²) in [5, 5.41) is 5.69. The van der Waals surface area contributed by atoms with Gasteiger partial charge < -0.3 is 24.7 Å². The third-order valence-corrected chi connectivity index (χ3v) is 4.45. The molecule has 0 saturated carbocycles. The summed E-state index contributed by atoms with van der Waals surface area (Å²) in [7, 11) is 4.81. The Labute approximate surface area is 182 Å². The minimum Gasteiger partial charge on any atom is -0.493 e. The number of carbonyl (C=O) groups excluding carboxylic acids is 2. The molecule has 1 aromatic heterocycles. The number of rotatable bonds is 9. The Morgan fingerprint density at radius 3 is 2.58 bits per heavy atom. The molecule has 0 fully saturated rings. The van der Waals surface area contributed by atoms with Crippen molar-refractivity contribution >= 4 is 17.5 Å². The standard InChI is InChI=1S/C23H26N4O4/c1-6-13-25-23(29)21-22(24-14-12-17(28)7-2)26-20(27(21)3)11-9-16-8-10-18(30-4)19(15-16)31-5/h1,8,10,15,24H,7,12-14H2,2-5H3,(H,25,29). The molecule has 8 nitrogen and oxygen atoms in total. The lowest BCUT2D eigenvalue weighted by atomic mass is 10.2.